The Hall–Kier alpha value is -3.72. The molecule has 0 aromatic carbocycles. The molecule has 6 rings (SSSR count). The highest BCUT2D eigenvalue weighted by Gasteiger charge is 2.40. The Labute approximate surface area is 198 Å². The maximum atomic E-state index is 13.6. The third-order valence-corrected chi connectivity index (χ3v) is 6.72. The van der Waals surface area contributed by atoms with Crippen LogP contribution in [0.4, 0.5) is 27.8 Å². The molecule has 3 aliphatic heterocycles. The summed E-state index contributed by atoms with van der Waals surface area (Å²) in [6, 6.07) is 11.8. The van der Waals surface area contributed by atoms with Crippen molar-refractivity contribution >= 4 is 29.0 Å². The Morgan fingerprint density at radius 3 is 2.74 bits per heavy atom. The first-order valence-electron chi connectivity index (χ1n) is 11.7. The van der Waals surface area contributed by atoms with Crippen LogP contribution in [-0.4, -0.2) is 66.4 Å². The molecule has 34 heavy (non-hydrogen) atoms. The van der Waals surface area contributed by atoms with Gasteiger partial charge in [-0.2, -0.15) is 0 Å². The van der Waals surface area contributed by atoms with E-state index in [0.717, 1.165) is 60.9 Å². The van der Waals surface area contributed by atoms with Crippen LogP contribution < -0.4 is 20.0 Å². The fourth-order valence-corrected chi connectivity index (χ4v) is 5.01. The standard InChI is InChI=1S/C25H27N7O2/c1-17-14-18(4-7-26-17)21-2-3-22-24(28-21)32(20-6-9-31(22)16-20)25(33)29-23-15-19(5-8-27-23)30-10-12-34-13-11-30/h2-5,7-8,14-15,20H,6,9-13,16H2,1H3,(H,27,29,33). The summed E-state index contributed by atoms with van der Waals surface area (Å²) < 4.78 is 5.46. The molecule has 2 fully saturated rings. The van der Waals surface area contributed by atoms with Crippen LogP contribution in [0.15, 0.2) is 48.8 Å². The van der Waals surface area contributed by atoms with Gasteiger partial charge in [-0.05, 0) is 43.7 Å². The second-order valence-electron chi connectivity index (χ2n) is 8.91. The van der Waals surface area contributed by atoms with Crippen molar-refractivity contribution in [3.05, 3.63) is 54.5 Å². The van der Waals surface area contributed by atoms with Gasteiger partial charge in [-0.1, -0.05) is 0 Å². The summed E-state index contributed by atoms with van der Waals surface area (Å²) in [6.45, 7) is 6.77. The number of rotatable bonds is 3. The molecule has 0 radical (unpaired) electrons. The van der Waals surface area contributed by atoms with Crippen molar-refractivity contribution in [2.45, 2.75) is 19.4 Å². The fourth-order valence-electron chi connectivity index (χ4n) is 5.01. The zero-order valence-electron chi connectivity index (χ0n) is 19.1. The van der Waals surface area contributed by atoms with E-state index >= 15 is 0 Å². The predicted octanol–water partition coefficient (Wildman–Crippen LogP) is 3.31. The first kappa shape index (κ1) is 20.9. The molecule has 174 valence electrons. The molecule has 2 amide bonds. The molecule has 9 nitrogen and oxygen atoms in total. The number of morpholine rings is 1. The first-order chi connectivity index (χ1) is 16.7. The molecule has 9 heteroatoms. The number of amides is 2. The highest BCUT2D eigenvalue weighted by atomic mass is 16.5. The number of anilines is 4. The number of hydrogen-bond donors (Lipinski definition) is 1. The Morgan fingerprint density at radius 1 is 1.03 bits per heavy atom. The maximum absolute atomic E-state index is 13.6. The highest BCUT2D eigenvalue weighted by molar-refractivity contribution is 6.04. The monoisotopic (exact) mass is 457 g/mol. The maximum Gasteiger partial charge on any atom is 0.329 e. The van der Waals surface area contributed by atoms with Gasteiger partial charge < -0.3 is 14.5 Å². The molecule has 0 aliphatic carbocycles. The van der Waals surface area contributed by atoms with E-state index in [1.807, 2.05) is 42.2 Å². The number of aryl methyl sites for hydroxylation is 1. The van der Waals surface area contributed by atoms with Crippen LogP contribution in [0.2, 0.25) is 0 Å². The van der Waals surface area contributed by atoms with Gasteiger partial charge in [0.25, 0.3) is 0 Å². The van der Waals surface area contributed by atoms with Gasteiger partial charge in [0.15, 0.2) is 5.82 Å². The largest absolute Gasteiger partial charge is 0.378 e. The third-order valence-electron chi connectivity index (χ3n) is 6.72. The van der Waals surface area contributed by atoms with Crippen molar-refractivity contribution in [3.8, 4) is 11.3 Å². The minimum absolute atomic E-state index is 0.0804. The van der Waals surface area contributed by atoms with Gasteiger partial charge in [-0.3, -0.25) is 15.2 Å². The molecular weight excluding hydrogens is 430 g/mol. The minimum Gasteiger partial charge on any atom is -0.378 e. The van der Waals surface area contributed by atoms with Crippen LogP contribution in [0.5, 0.6) is 0 Å². The second-order valence-corrected chi connectivity index (χ2v) is 8.91. The van der Waals surface area contributed by atoms with Crippen molar-refractivity contribution in [3.63, 3.8) is 0 Å². The Balaban J connectivity index is 1.30. The number of hydrogen-bond acceptors (Lipinski definition) is 7. The molecule has 0 spiro atoms. The number of nitrogens with one attached hydrogen (secondary N) is 1. The smallest absolute Gasteiger partial charge is 0.329 e. The Bertz CT molecular complexity index is 1230. The van der Waals surface area contributed by atoms with E-state index in [-0.39, 0.29) is 12.1 Å². The van der Waals surface area contributed by atoms with E-state index < -0.39 is 0 Å². The SMILES string of the molecule is Cc1cc(-c2ccc3c(n2)N(C(=O)Nc2cc(N4CCOCC4)ccn2)C2CCN3C2)ccn1. The lowest BCUT2D eigenvalue weighted by Gasteiger charge is -2.36. The number of pyridine rings is 3. The summed E-state index contributed by atoms with van der Waals surface area (Å²) in [5.74, 6) is 1.24. The Morgan fingerprint density at radius 2 is 1.88 bits per heavy atom. The molecule has 6 heterocycles. The summed E-state index contributed by atoms with van der Waals surface area (Å²) in [4.78, 5) is 33.6. The molecule has 3 aromatic rings. The van der Waals surface area contributed by atoms with Crippen molar-refractivity contribution < 1.29 is 9.53 Å². The lowest BCUT2D eigenvalue weighted by molar-refractivity contribution is 0.122. The average molecular weight is 458 g/mol. The van der Waals surface area contributed by atoms with Crippen LogP contribution in [-0.2, 0) is 4.74 Å². The zero-order valence-corrected chi connectivity index (χ0v) is 19.1. The van der Waals surface area contributed by atoms with Gasteiger partial charge in [0, 0.05) is 61.6 Å². The number of fused-ring (bicyclic) bond motifs is 4. The van der Waals surface area contributed by atoms with Gasteiger partial charge in [0.05, 0.1) is 30.6 Å². The third kappa shape index (κ3) is 3.81. The Kier molecular flexibility index (Phi) is 5.26. The summed E-state index contributed by atoms with van der Waals surface area (Å²) >= 11 is 0. The van der Waals surface area contributed by atoms with Gasteiger partial charge in [0.1, 0.15) is 5.82 Å². The molecular formula is C25H27N7O2. The van der Waals surface area contributed by atoms with Crippen LogP contribution in [0.1, 0.15) is 12.1 Å². The van der Waals surface area contributed by atoms with E-state index in [2.05, 4.69) is 31.2 Å². The zero-order chi connectivity index (χ0) is 23.1. The molecule has 2 bridgehead atoms. The van der Waals surface area contributed by atoms with Gasteiger partial charge in [-0.25, -0.2) is 14.8 Å². The van der Waals surface area contributed by atoms with Crippen molar-refractivity contribution in [2.24, 2.45) is 0 Å². The molecule has 3 aliphatic rings. The van der Waals surface area contributed by atoms with Gasteiger partial charge in [-0.15, -0.1) is 0 Å². The van der Waals surface area contributed by atoms with Crippen LogP contribution >= 0.6 is 0 Å². The second kappa shape index (κ2) is 8.57. The predicted molar refractivity (Wildman–Crippen MR) is 132 cm³/mol. The lowest BCUT2D eigenvalue weighted by Crippen LogP contribution is -2.48. The van der Waals surface area contributed by atoms with Crippen LogP contribution in [0.25, 0.3) is 11.3 Å². The number of carbonyl (C=O) groups excluding carboxylic acids is 1. The quantitative estimate of drug-likeness (QED) is 0.646. The van der Waals surface area contributed by atoms with E-state index in [4.69, 9.17) is 9.72 Å². The number of carbonyl (C=O) groups is 1. The van der Waals surface area contributed by atoms with Crippen LogP contribution in [0.3, 0.4) is 0 Å². The van der Waals surface area contributed by atoms with E-state index in [1.54, 1.807) is 12.4 Å². The number of aromatic nitrogens is 3. The molecule has 0 saturated carbocycles. The normalized spacial score (nSPS) is 19.2. The summed E-state index contributed by atoms with van der Waals surface area (Å²) in [5.41, 5.74) is 4.78. The molecule has 1 N–H and O–H groups in total. The number of nitrogens with zero attached hydrogens (tertiary/aromatic N) is 6. The van der Waals surface area contributed by atoms with Crippen molar-refractivity contribution in [1.82, 2.24) is 15.0 Å². The average Bonchev–Trinajstić information content (AvgIpc) is 3.28. The van der Waals surface area contributed by atoms with E-state index in [0.29, 0.717) is 24.8 Å². The van der Waals surface area contributed by atoms with E-state index in [1.165, 1.54) is 0 Å². The number of urea groups is 1. The minimum atomic E-state index is -0.199. The summed E-state index contributed by atoms with van der Waals surface area (Å²) in [7, 11) is 0. The molecule has 3 aromatic heterocycles. The summed E-state index contributed by atoms with van der Waals surface area (Å²) in [5, 5.41) is 3.03. The lowest BCUT2D eigenvalue weighted by atomic mass is 10.1. The van der Waals surface area contributed by atoms with Gasteiger partial charge in [0.2, 0.25) is 0 Å². The topological polar surface area (TPSA) is 86.7 Å². The number of ether oxygens (including phenoxy) is 1. The molecule has 2 saturated heterocycles. The first-order valence-corrected chi connectivity index (χ1v) is 11.7. The highest BCUT2D eigenvalue weighted by Crippen LogP contribution is 2.40. The van der Waals surface area contributed by atoms with Crippen molar-refractivity contribution in [2.75, 3.05) is 59.4 Å². The molecule has 1 unspecified atom stereocenters. The van der Waals surface area contributed by atoms with Crippen molar-refractivity contribution in [1.29, 1.82) is 0 Å². The van der Waals surface area contributed by atoms with Gasteiger partial charge >= 0.3 is 6.03 Å². The fraction of sp³-hybridized carbons (Fsp3) is 0.360. The summed E-state index contributed by atoms with van der Waals surface area (Å²) in [6.07, 6.45) is 4.44. The van der Waals surface area contributed by atoms with E-state index in [9.17, 15) is 4.79 Å². The molecule has 1 atom stereocenters. The van der Waals surface area contributed by atoms with Crippen LogP contribution in [0, 0.1) is 6.92 Å².